The van der Waals surface area contributed by atoms with Crippen molar-refractivity contribution in [2.24, 2.45) is 13.0 Å². The van der Waals surface area contributed by atoms with Gasteiger partial charge in [0.2, 0.25) is 0 Å². The van der Waals surface area contributed by atoms with E-state index in [9.17, 15) is 4.79 Å². The Morgan fingerprint density at radius 3 is 2.61 bits per heavy atom. The highest BCUT2D eigenvalue weighted by Crippen LogP contribution is 2.32. The van der Waals surface area contributed by atoms with E-state index in [0.717, 1.165) is 24.1 Å². The summed E-state index contributed by atoms with van der Waals surface area (Å²) in [6.07, 6.45) is 7.65. The molecule has 2 aliphatic heterocycles. The predicted molar refractivity (Wildman–Crippen MR) is 69.6 cm³/mol. The highest BCUT2D eigenvalue weighted by atomic mass is 16.1. The smallest absolute Gasteiger partial charge is 0.169 e. The van der Waals surface area contributed by atoms with Crippen molar-refractivity contribution in [1.82, 2.24) is 15.1 Å². The van der Waals surface area contributed by atoms with Crippen LogP contribution in [0.4, 0.5) is 0 Å². The van der Waals surface area contributed by atoms with E-state index in [-0.39, 0.29) is 5.92 Å². The van der Waals surface area contributed by atoms with Crippen LogP contribution in [0.15, 0.2) is 6.20 Å². The SMILES string of the molecule is Cc1nn(C)cc1C(=O)C1CC2CCCC(C1)N2. The summed E-state index contributed by atoms with van der Waals surface area (Å²) < 4.78 is 1.74. The Labute approximate surface area is 108 Å². The molecule has 0 amide bonds. The Kier molecular flexibility index (Phi) is 2.98. The molecule has 0 aliphatic carbocycles. The van der Waals surface area contributed by atoms with Crippen molar-refractivity contribution in [2.75, 3.05) is 0 Å². The van der Waals surface area contributed by atoms with Crippen molar-refractivity contribution in [3.05, 3.63) is 17.5 Å². The van der Waals surface area contributed by atoms with Crippen molar-refractivity contribution in [1.29, 1.82) is 0 Å². The normalized spacial score (nSPS) is 31.3. The van der Waals surface area contributed by atoms with E-state index in [1.165, 1.54) is 19.3 Å². The minimum absolute atomic E-state index is 0.199. The van der Waals surface area contributed by atoms with Gasteiger partial charge in [0.25, 0.3) is 0 Å². The van der Waals surface area contributed by atoms with Gasteiger partial charge in [0, 0.05) is 31.2 Å². The van der Waals surface area contributed by atoms with E-state index < -0.39 is 0 Å². The summed E-state index contributed by atoms with van der Waals surface area (Å²) in [4.78, 5) is 12.6. The number of carbonyl (C=O) groups is 1. The fourth-order valence-electron chi connectivity index (χ4n) is 3.54. The summed E-state index contributed by atoms with van der Waals surface area (Å²) in [6, 6.07) is 1.12. The Morgan fingerprint density at radius 2 is 2.06 bits per heavy atom. The predicted octanol–water partition coefficient (Wildman–Crippen LogP) is 1.83. The molecule has 4 heteroatoms. The third-order valence-electron chi connectivity index (χ3n) is 4.36. The first-order valence-electron chi connectivity index (χ1n) is 6.94. The maximum absolute atomic E-state index is 12.6. The first-order chi connectivity index (χ1) is 8.63. The summed E-state index contributed by atoms with van der Waals surface area (Å²) in [5.74, 6) is 0.503. The maximum Gasteiger partial charge on any atom is 0.169 e. The van der Waals surface area contributed by atoms with Crippen molar-refractivity contribution >= 4 is 5.78 Å². The highest BCUT2D eigenvalue weighted by Gasteiger charge is 2.35. The highest BCUT2D eigenvalue weighted by molar-refractivity contribution is 5.98. The molecule has 4 nitrogen and oxygen atoms in total. The van der Waals surface area contributed by atoms with E-state index in [2.05, 4.69) is 10.4 Å². The first kappa shape index (κ1) is 11.9. The molecular formula is C14H21N3O. The van der Waals surface area contributed by atoms with Crippen molar-refractivity contribution in [3.8, 4) is 0 Å². The van der Waals surface area contributed by atoms with Crippen LogP contribution in [0.1, 0.15) is 48.2 Å². The number of nitrogens with zero attached hydrogens (tertiary/aromatic N) is 2. The second kappa shape index (κ2) is 4.50. The quantitative estimate of drug-likeness (QED) is 0.811. The Morgan fingerprint density at radius 1 is 1.39 bits per heavy atom. The van der Waals surface area contributed by atoms with E-state index in [0.29, 0.717) is 17.9 Å². The molecule has 98 valence electrons. The van der Waals surface area contributed by atoms with E-state index in [4.69, 9.17) is 0 Å². The van der Waals surface area contributed by atoms with Crippen LogP contribution in [0.25, 0.3) is 0 Å². The molecule has 2 bridgehead atoms. The minimum Gasteiger partial charge on any atom is -0.311 e. The summed E-state index contributed by atoms with van der Waals surface area (Å²) in [7, 11) is 1.88. The van der Waals surface area contributed by atoms with Gasteiger partial charge in [-0.15, -0.1) is 0 Å². The lowest BCUT2D eigenvalue weighted by atomic mass is 9.77. The molecule has 2 saturated heterocycles. The Hall–Kier alpha value is -1.16. The van der Waals surface area contributed by atoms with Crippen LogP contribution in [0.3, 0.4) is 0 Å². The van der Waals surface area contributed by atoms with Gasteiger partial charge in [0.15, 0.2) is 5.78 Å². The molecule has 0 aromatic carbocycles. The Balaban J connectivity index is 1.78. The van der Waals surface area contributed by atoms with Gasteiger partial charge in [-0.3, -0.25) is 9.48 Å². The number of hydrogen-bond acceptors (Lipinski definition) is 3. The van der Waals surface area contributed by atoms with Crippen LogP contribution < -0.4 is 5.32 Å². The fourth-order valence-corrected chi connectivity index (χ4v) is 3.54. The number of fused-ring (bicyclic) bond motifs is 2. The number of Topliss-reactive ketones (excluding diaryl/α,β-unsaturated/α-hetero) is 1. The second-order valence-electron chi connectivity index (χ2n) is 5.83. The van der Waals surface area contributed by atoms with Crippen molar-refractivity contribution < 1.29 is 4.79 Å². The summed E-state index contributed by atoms with van der Waals surface area (Å²) in [5.41, 5.74) is 1.69. The minimum atomic E-state index is 0.199. The van der Waals surface area contributed by atoms with E-state index in [1.54, 1.807) is 4.68 Å². The lowest BCUT2D eigenvalue weighted by Gasteiger charge is -2.39. The van der Waals surface area contributed by atoms with E-state index in [1.807, 2.05) is 20.2 Å². The number of piperidine rings is 2. The molecule has 2 fully saturated rings. The van der Waals surface area contributed by atoms with Gasteiger partial charge in [-0.2, -0.15) is 5.10 Å². The standard InChI is InChI=1S/C14H21N3O/c1-9-13(8-17(2)16-9)14(18)10-6-11-4-3-5-12(7-10)15-11/h8,10-12,15H,3-7H2,1-2H3. The van der Waals surface area contributed by atoms with Crippen molar-refractivity contribution in [3.63, 3.8) is 0 Å². The molecule has 0 saturated carbocycles. The third kappa shape index (κ3) is 2.09. The molecule has 3 heterocycles. The molecule has 2 unspecified atom stereocenters. The second-order valence-corrected chi connectivity index (χ2v) is 5.83. The molecule has 3 rings (SSSR count). The van der Waals surface area contributed by atoms with Crippen molar-refractivity contribution in [2.45, 2.75) is 51.1 Å². The fraction of sp³-hybridized carbons (Fsp3) is 0.714. The lowest BCUT2D eigenvalue weighted by molar-refractivity contribution is 0.0824. The van der Waals surface area contributed by atoms with Gasteiger partial charge >= 0.3 is 0 Å². The zero-order valence-corrected chi connectivity index (χ0v) is 11.1. The topological polar surface area (TPSA) is 46.9 Å². The van der Waals surface area contributed by atoms with Gasteiger partial charge in [-0.1, -0.05) is 6.42 Å². The van der Waals surface area contributed by atoms with E-state index >= 15 is 0 Å². The maximum atomic E-state index is 12.6. The number of carbonyl (C=O) groups excluding carboxylic acids is 1. The molecule has 18 heavy (non-hydrogen) atoms. The number of aryl methyl sites for hydroxylation is 2. The number of nitrogens with one attached hydrogen (secondary N) is 1. The zero-order chi connectivity index (χ0) is 12.7. The molecule has 1 aromatic heterocycles. The molecule has 2 aliphatic rings. The van der Waals surface area contributed by atoms with Crippen LogP contribution in [0.5, 0.6) is 0 Å². The first-order valence-corrected chi connectivity index (χ1v) is 6.94. The van der Waals surface area contributed by atoms with Crippen LogP contribution >= 0.6 is 0 Å². The molecule has 1 N–H and O–H groups in total. The van der Waals surface area contributed by atoms with Crippen LogP contribution in [0.2, 0.25) is 0 Å². The number of ketones is 1. The van der Waals surface area contributed by atoms with Gasteiger partial charge in [0.1, 0.15) is 0 Å². The van der Waals surface area contributed by atoms with Crippen LogP contribution in [-0.4, -0.2) is 27.6 Å². The zero-order valence-electron chi connectivity index (χ0n) is 11.1. The monoisotopic (exact) mass is 247 g/mol. The van der Waals surface area contributed by atoms with Gasteiger partial charge in [-0.25, -0.2) is 0 Å². The summed E-state index contributed by atoms with van der Waals surface area (Å²) in [6.45, 7) is 1.93. The average molecular weight is 247 g/mol. The molecule has 0 radical (unpaired) electrons. The van der Waals surface area contributed by atoms with Crippen LogP contribution in [0, 0.1) is 12.8 Å². The molecule has 0 spiro atoms. The molecule has 2 atom stereocenters. The molecule has 1 aromatic rings. The average Bonchev–Trinajstić information content (AvgIpc) is 2.67. The summed E-state index contributed by atoms with van der Waals surface area (Å²) in [5, 5.41) is 7.92. The van der Waals surface area contributed by atoms with Crippen LogP contribution in [-0.2, 0) is 7.05 Å². The summed E-state index contributed by atoms with van der Waals surface area (Å²) >= 11 is 0. The largest absolute Gasteiger partial charge is 0.311 e. The number of rotatable bonds is 2. The lowest BCUT2D eigenvalue weighted by Crippen LogP contribution is -2.50. The Bertz CT molecular complexity index is 454. The molecular weight excluding hydrogens is 226 g/mol. The van der Waals surface area contributed by atoms with Gasteiger partial charge < -0.3 is 5.32 Å². The number of aromatic nitrogens is 2. The van der Waals surface area contributed by atoms with Gasteiger partial charge in [-0.05, 0) is 32.6 Å². The third-order valence-corrected chi connectivity index (χ3v) is 4.36. The number of hydrogen-bond donors (Lipinski definition) is 1. The van der Waals surface area contributed by atoms with Gasteiger partial charge in [0.05, 0.1) is 11.3 Å².